The van der Waals surface area contributed by atoms with E-state index < -0.39 is 30.7 Å². The number of ether oxygens (including phenoxy) is 1. The highest BCUT2D eigenvalue weighted by Crippen LogP contribution is 2.27. The second-order valence-electron chi connectivity index (χ2n) is 5.62. The standard InChI is InChI=1S/C14H22F3N3O2/c1-22-8-7-20(11-14(15,16)17)9-12(21)19-13(10-18)5-3-2-4-6-13/h2-9,11H2,1H3,(H,19,21). The van der Waals surface area contributed by atoms with Crippen LogP contribution in [0.2, 0.25) is 0 Å². The molecule has 0 aromatic heterocycles. The van der Waals surface area contributed by atoms with Gasteiger partial charge in [0.25, 0.3) is 0 Å². The molecule has 0 aromatic carbocycles. The molecule has 1 fully saturated rings. The molecule has 0 unspecified atom stereocenters. The normalized spacial score (nSPS) is 18.0. The lowest BCUT2D eigenvalue weighted by Crippen LogP contribution is -2.52. The van der Waals surface area contributed by atoms with Gasteiger partial charge in [-0.1, -0.05) is 19.3 Å². The number of carbonyl (C=O) groups excluding carboxylic acids is 1. The number of alkyl halides is 3. The molecule has 8 heteroatoms. The van der Waals surface area contributed by atoms with Gasteiger partial charge in [-0.05, 0) is 12.8 Å². The molecular formula is C14H22F3N3O2. The van der Waals surface area contributed by atoms with Gasteiger partial charge < -0.3 is 10.1 Å². The van der Waals surface area contributed by atoms with E-state index in [9.17, 15) is 23.2 Å². The first-order valence-electron chi connectivity index (χ1n) is 7.30. The monoisotopic (exact) mass is 321 g/mol. The fraction of sp³-hybridized carbons (Fsp3) is 0.857. The van der Waals surface area contributed by atoms with E-state index in [2.05, 4.69) is 11.4 Å². The summed E-state index contributed by atoms with van der Waals surface area (Å²) in [6.07, 6.45) is -0.605. The van der Waals surface area contributed by atoms with E-state index in [1.165, 1.54) is 7.11 Å². The average Bonchev–Trinajstić information content (AvgIpc) is 2.44. The van der Waals surface area contributed by atoms with Crippen molar-refractivity contribution in [3.63, 3.8) is 0 Å². The molecule has 1 amide bonds. The number of carbonyl (C=O) groups is 1. The number of methoxy groups -OCH3 is 1. The van der Waals surface area contributed by atoms with Gasteiger partial charge in [0.1, 0.15) is 5.54 Å². The Bertz CT molecular complexity index is 401. The van der Waals surface area contributed by atoms with Gasteiger partial charge in [-0.15, -0.1) is 0 Å². The summed E-state index contributed by atoms with van der Waals surface area (Å²) in [5.74, 6) is -0.552. The highest BCUT2D eigenvalue weighted by molar-refractivity contribution is 5.79. The molecule has 0 radical (unpaired) electrons. The maximum atomic E-state index is 12.5. The second kappa shape index (κ2) is 8.34. The number of nitrogens with one attached hydrogen (secondary N) is 1. The summed E-state index contributed by atoms with van der Waals surface area (Å²) in [7, 11) is 1.39. The van der Waals surface area contributed by atoms with E-state index in [1.807, 2.05) is 0 Å². The van der Waals surface area contributed by atoms with Crippen molar-refractivity contribution >= 4 is 5.91 Å². The molecular weight excluding hydrogens is 299 g/mol. The smallest absolute Gasteiger partial charge is 0.383 e. The van der Waals surface area contributed by atoms with Gasteiger partial charge in [0.2, 0.25) is 5.91 Å². The summed E-state index contributed by atoms with van der Waals surface area (Å²) in [6.45, 7) is -1.47. The summed E-state index contributed by atoms with van der Waals surface area (Å²) in [5.41, 5.74) is -0.930. The molecule has 22 heavy (non-hydrogen) atoms. The summed E-state index contributed by atoms with van der Waals surface area (Å²) >= 11 is 0. The quantitative estimate of drug-likeness (QED) is 0.777. The minimum atomic E-state index is -4.38. The van der Waals surface area contributed by atoms with Crippen molar-refractivity contribution in [2.24, 2.45) is 0 Å². The van der Waals surface area contributed by atoms with E-state index in [0.717, 1.165) is 24.2 Å². The van der Waals surface area contributed by atoms with Gasteiger partial charge in [0.15, 0.2) is 0 Å². The Labute approximate surface area is 128 Å². The predicted molar refractivity (Wildman–Crippen MR) is 73.9 cm³/mol. The van der Waals surface area contributed by atoms with Crippen molar-refractivity contribution in [3.8, 4) is 6.07 Å². The molecule has 0 heterocycles. The number of rotatable bonds is 7. The molecule has 1 aliphatic rings. The molecule has 1 rings (SSSR count). The van der Waals surface area contributed by atoms with Crippen LogP contribution in [0, 0.1) is 11.3 Å². The number of halogens is 3. The first kappa shape index (κ1) is 18.7. The van der Waals surface area contributed by atoms with E-state index in [-0.39, 0.29) is 13.2 Å². The van der Waals surface area contributed by atoms with Crippen molar-refractivity contribution in [2.45, 2.75) is 43.8 Å². The number of amides is 1. The first-order chi connectivity index (χ1) is 10.3. The van der Waals surface area contributed by atoms with Crippen molar-refractivity contribution in [2.75, 3.05) is 33.4 Å². The van der Waals surface area contributed by atoms with E-state index in [0.29, 0.717) is 12.8 Å². The number of nitrogens with zero attached hydrogens (tertiary/aromatic N) is 2. The molecule has 0 saturated heterocycles. The van der Waals surface area contributed by atoms with Gasteiger partial charge in [-0.2, -0.15) is 18.4 Å². The highest BCUT2D eigenvalue weighted by atomic mass is 19.4. The summed E-state index contributed by atoms with van der Waals surface area (Å²) in [4.78, 5) is 13.0. The van der Waals surface area contributed by atoms with Crippen LogP contribution < -0.4 is 5.32 Å². The van der Waals surface area contributed by atoms with Crippen LogP contribution in [0.15, 0.2) is 0 Å². The molecule has 0 bridgehead atoms. The van der Waals surface area contributed by atoms with Gasteiger partial charge in [0, 0.05) is 13.7 Å². The molecule has 0 atom stereocenters. The number of nitriles is 1. The number of hydrogen-bond acceptors (Lipinski definition) is 4. The fourth-order valence-corrected chi connectivity index (χ4v) is 2.62. The highest BCUT2D eigenvalue weighted by Gasteiger charge is 2.35. The largest absolute Gasteiger partial charge is 0.401 e. The molecule has 0 aromatic rings. The van der Waals surface area contributed by atoms with Crippen LogP contribution in [0.3, 0.4) is 0 Å². The zero-order valence-corrected chi connectivity index (χ0v) is 12.7. The van der Waals surface area contributed by atoms with Crippen LogP contribution in [0.4, 0.5) is 13.2 Å². The second-order valence-corrected chi connectivity index (χ2v) is 5.62. The number of hydrogen-bond donors (Lipinski definition) is 1. The molecule has 1 aliphatic carbocycles. The van der Waals surface area contributed by atoms with Crippen molar-refractivity contribution < 1.29 is 22.7 Å². The van der Waals surface area contributed by atoms with Gasteiger partial charge in [-0.25, -0.2) is 0 Å². The average molecular weight is 321 g/mol. The molecule has 1 saturated carbocycles. The first-order valence-corrected chi connectivity index (χ1v) is 7.30. The van der Waals surface area contributed by atoms with E-state index >= 15 is 0 Å². The van der Waals surface area contributed by atoms with Crippen LogP contribution in [0.1, 0.15) is 32.1 Å². The van der Waals surface area contributed by atoms with Crippen LogP contribution in [-0.2, 0) is 9.53 Å². The van der Waals surface area contributed by atoms with E-state index in [1.54, 1.807) is 0 Å². The lowest BCUT2D eigenvalue weighted by atomic mass is 9.83. The predicted octanol–water partition coefficient (Wildman–Crippen LogP) is 1.84. The molecule has 0 aliphatic heterocycles. The van der Waals surface area contributed by atoms with Gasteiger partial charge >= 0.3 is 6.18 Å². The lowest BCUT2D eigenvalue weighted by Gasteiger charge is -2.32. The lowest BCUT2D eigenvalue weighted by molar-refractivity contribution is -0.150. The maximum Gasteiger partial charge on any atom is 0.401 e. The van der Waals surface area contributed by atoms with Crippen molar-refractivity contribution in [1.82, 2.24) is 10.2 Å². The zero-order chi connectivity index (χ0) is 16.6. The van der Waals surface area contributed by atoms with E-state index in [4.69, 9.17) is 4.74 Å². The Hall–Kier alpha value is -1.33. The fourth-order valence-electron chi connectivity index (χ4n) is 2.62. The Kier molecular flexibility index (Phi) is 7.10. The van der Waals surface area contributed by atoms with Crippen LogP contribution in [0.5, 0.6) is 0 Å². The van der Waals surface area contributed by atoms with Crippen molar-refractivity contribution in [1.29, 1.82) is 5.26 Å². The van der Waals surface area contributed by atoms with Gasteiger partial charge in [-0.3, -0.25) is 9.69 Å². The minimum absolute atomic E-state index is 0.00296. The molecule has 0 spiro atoms. The topological polar surface area (TPSA) is 65.4 Å². The Morgan fingerprint density at radius 1 is 1.36 bits per heavy atom. The summed E-state index contributed by atoms with van der Waals surface area (Å²) in [5, 5.41) is 11.9. The zero-order valence-electron chi connectivity index (χ0n) is 12.7. The third kappa shape index (κ3) is 6.62. The Morgan fingerprint density at radius 3 is 2.50 bits per heavy atom. The third-order valence-electron chi connectivity index (χ3n) is 3.68. The SMILES string of the molecule is COCCN(CC(=O)NC1(C#N)CCCCC1)CC(F)(F)F. The third-order valence-corrected chi connectivity index (χ3v) is 3.68. The minimum Gasteiger partial charge on any atom is -0.383 e. The molecule has 5 nitrogen and oxygen atoms in total. The van der Waals surface area contributed by atoms with Gasteiger partial charge in [0.05, 0.1) is 25.8 Å². The Balaban J connectivity index is 2.59. The summed E-state index contributed by atoms with van der Waals surface area (Å²) < 4.78 is 42.3. The molecule has 126 valence electrons. The Morgan fingerprint density at radius 2 is 2.00 bits per heavy atom. The maximum absolute atomic E-state index is 12.5. The van der Waals surface area contributed by atoms with Crippen LogP contribution >= 0.6 is 0 Å². The van der Waals surface area contributed by atoms with Crippen LogP contribution in [0.25, 0.3) is 0 Å². The van der Waals surface area contributed by atoms with Crippen molar-refractivity contribution in [3.05, 3.63) is 0 Å². The van der Waals surface area contributed by atoms with Crippen LogP contribution in [-0.4, -0.2) is 55.9 Å². The molecule has 1 N–H and O–H groups in total. The summed E-state index contributed by atoms with van der Waals surface area (Å²) in [6, 6.07) is 2.12.